The van der Waals surface area contributed by atoms with Gasteiger partial charge in [-0.15, -0.1) is 10.2 Å². The number of nitrogens with zero attached hydrogens (tertiary/aromatic N) is 5. The van der Waals surface area contributed by atoms with Crippen LogP contribution in [0.4, 0.5) is 0 Å². The molecule has 0 bridgehead atoms. The fourth-order valence-corrected chi connectivity index (χ4v) is 4.55. The molecule has 1 N–H and O–H groups in total. The van der Waals surface area contributed by atoms with E-state index in [9.17, 15) is 4.79 Å². The summed E-state index contributed by atoms with van der Waals surface area (Å²) in [5.41, 5.74) is 4.08. The summed E-state index contributed by atoms with van der Waals surface area (Å²) in [6.45, 7) is 9.76. The normalized spacial score (nSPS) is 21.3. The van der Waals surface area contributed by atoms with Crippen LogP contribution >= 0.6 is 0 Å². The topological polar surface area (TPSA) is 66.3 Å². The molecule has 2 aromatic rings. The van der Waals surface area contributed by atoms with Crippen LogP contribution in [0.5, 0.6) is 0 Å². The van der Waals surface area contributed by atoms with Crippen LogP contribution in [-0.4, -0.2) is 70.7 Å². The molecule has 0 spiro atoms. The van der Waals surface area contributed by atoms with E-state index in [2.05, 4.69) is 52.5 Å². The number of hydrogen-bond donors (Lipinski definition) is 1. The van der Waals surface area contributed by atoms with E-state index in [4.69, 9.17) is 0 Å². The Morgan fingerprint density at radius 3 is 2.69 bits per heavy atom. The fraction of sp³-hybridized carbons (Fsp3) is 0.591. The standard InChI is InChI=1S/C22H32N6O/c1-15-5-6-17(9-16(15)2)11-27-12-18-10-20-24-25-21(28(20)14-19(18)13-27)22(29)23-7-8-26(3)4/h5-6,9,18-19H,7-8,10-14H2,1-4H3,(H,23,29)/t18-,19-/m0/s1. The van der Waals surface area contributed by atoms with Gasteiger partial charge in [0.05, 0.1) is 0 Å². The van der Waals surface area contributed by atoms with Crippen molar-refractivity contribution >= 4 is 5.91 Å². The highest BCUT2D eigenvalue weighted by Crippen LogP contribution is 2.33. The Morgan fingerprint density at radius 1 is 1.14 bits per heavy atom. The van der Waals surface area contributed by atoms with Crippen molar-refractivity contribution in [2.45, 2.75) is 33.4 Å². The van der Waals surface area contributed by atoms with Gasteiger partial charge in [-0.2, -0.15) is 0 Å². The molecular weight excluding hydrogens is 364 g/mol. The Bertz CT molecular complexity index is 889. The Morgan fingerprint density at radius 2 is 1.93 bits per heavy atom. The number of nitrogens with one attached hydrogen (secondary N) is 1. The number of carbonyl (C=O) groups excluding carboxylic acids is 1. The van der Waals surface area contributed by atoms with Gasteiger partial charge in [-0.05, 0) is 56.5 Å². The molecule has 0 unspecified atom stereocenters. The maximum absolute atomic E-state index is 12.6. The van der Waals surface area contributed by atoms with Crippen molar-refractivity contribution in [3.8, 4) is 0 Å². The summed E-state index contributed by atoms with van der Waals surface area (Å²) in [6, 6.07) is 6.77. The number of likely N-dealkylation sites (tertiary alicyclic amines) is 1. The van der Waals surface area contributed by atoms with Gasteiger partial charge in [-0.25, -0.2) is 0 Å². The molecule has 1 amide bonds. The first-order chi connectivity index (χ1) is 13.9. The third-order valence-corrected chi connectivity index (χ3v) is 6.37. The van der Waals surface area contributed by atoms with Gasteiger partial charge in [0.15, 0.2) is 0 Å². The summed E-state index contributed by atoms with van der Waals surface area (Å²) in [4.78, 5) is 17.2. The van der Waals surface area contributed by atoms with Crippen LogP contribution in [0.1, 0.15) is 33.1 Å². The van der Waals surface area contributed by atoms with Crippen LogP contribution < -0.4 is 5.32 Å². The van der Waals surface area contributed by atoms with Crippen molar-refractivity contribution in [2.75, 3.05) is 40.3 Å². The van der Waals surface area contributed by atoms with E-state index in [0.29, 0.717) is 24.2 Å². The minimum Gasteiger partial charge on any atom is -0.348 e. The third kappa shape index (κ3) is 4.36. The summed E-state index contributed by atoms with van der Waals surface area (Å²) >= 11 is 0. The van der Waals surface area contributed by atoms with Crippen molar-refractivity contribution in [3.05, 3.63) is 46.5 Å². The highest BCUT2D eigenvalue weighted by molar-refractivity contribution is 5.90. The zero-order chi connectivity index (χ0) is 20.5. The highest BCUT2D eigenvalue weighted by atomic mass is 16.2. The van der Waals surface area contributed by atoms with Gasteiger partial charge in [0.2, 0.25) is 5.82 Å². The number of aromatic nitrogens is 3. The van der Waals surface area contributed by atoms with Crippen molar-refractivity contribution < 1.29 is 4.79 Å². The summed E-state index contributed by atoms with van der Waals surface area (Å²) in [6.07, 6.45) is 0.909. The van der Waals surface area contributed by atoms with Crippen LogP contribution in [0, 0.1) is 25.7 Å². The van der Waals surface area contributed by atoms with E-state index in [1.807, 2.05) is 23.6 Å². The average Bonchev–Trinajstić information content (AvgIpc) is 3.25. The number of benzene rings is 1. The summed E-state index contributed by atoms with van der Waals surface area (Å²) in [5.74, 6) is 2.46. The zero-order valence-corrected chi connectivity index (χ0v) is 18.0. The molecule has 0 aliphatic carbocycles. The molecule has 1 saturated heterocycles. The fourth-order valence-electron chi connectivity index (χ4n) is 4.55. The summed E-state index contributed by atoms with van der Waals surface area (Å²) in [5, 5.41) is 11.5. The van der Waals surface area contributed by atoms with Crippen LogP contribution in [0.2, 0.25) is 0 Å². The van der Waals surface area contributed by atoms with E-state index in [0.717, 1.165) is 45.0 Å². The molecular formula is C22H32N6O. The lowest BCUT2D eigenvalue weighted by Crippen LogP contribution is -2.35. The van der Waals surface area contributed by atoms with Gasteiger partial charge < -0.3 is 14.8 Å². The largest absolute Gasteiger partial charge is 0.348 e. The van der Waals surface area contributed by atoms with Crippen LogP contribution in [0.3, 0.4) is 0 Å². The molecule has 1 aromatic heterocycles. The molecule has 0 saturated carbocycles. The highest BCUT2D eigenvalue weighted by Gasteiger charge is 2.39. The lowest BCUT2D eigenvalue weighted by atomic mass is 9.89. The van der Waals surface area contributed by atoms with E-state index < -0.39 is 0 Å². The number of amides is 1. The molecule has 2 aliphatic rings. The Hall–Kier alpha value is -2.25. The lowest BCUT2D eigenvalue weighted by Gasteiger charge is -2.25. The zero-order valence-electron chi connectivity index (χ0n) is 18.0. The minimum absolute atomic E-state index is 0.117. The second-order valence-corrected chi connectivity index (χ2v) is 8.95. The smallest absolute Gasteiger partial charge is 0.289 e. The van der Waals surface area contributed by atoms with Crippen molar-refractivity contribution in [2.24, 2.45) is 11.8 Å². The molecule has 4 rings (SSSR count). The first kappa shape index (κ1) is 20.0. The molecule has 29 heavy (non-hydrogen) atoms. The molecule has 2 atom stereocenters. The molecule has 7 heteroatoms. The monoisotopic (exact) mass is 396 g/mol. The lowest BCUT2D eigenvalue weighted by molar-refractivity contribution is 0.0932. The number of fused-ring (bicyclic) bond motifs is 2. The third-order valence-electron chi connectivity index (χ3n) is 6.37. The number of hydrogen-bond acceptors (Lipinski definition) is 5. The van der Waals surface area contributed by atoms with Gasteiger partial charge in [0, 0.05) is 45.7 Å². The van der Waals surface area contributed by atoms with Gasteiger partial charge >= 0.3 is 0 Å². The maximum atomic E-state index is 12.6. The molecule has 2 aliphatic heterocycles. The molecule has 1 fully saturated rings. The first-order valence-corrected chi connectivity index (χ1v) is 10.5. The number of rotatable bonds is 6. The van der Waals surface area contributed by atoms with Gasteiger partial charge in [0.25, 0.3) is 5.91 Å². The number of carbonyl (C=O) groups is 1. The average molecular weight is 397 g/mol. The first-order valence-electron chi connectivity index (χ1n) is 10.5. The van der Waals surface area contributed by atoms with Crippen LogP contribution in [-0.2, 0) is 19.5 Å². The van der Waals surface area contributed by atoms with Gasteiger partial charge in [-0.3, -0.25) is 9.69 Å². The number of aryl methyl sites for hydroxylation is 2. The van der Waals surface area contributed by atoms with Gasteiger partial charge in [0.1, 0.15) is 5.82 Å². The molecule has 7 nitrogen and oxygen atoms in total. The molecule has 1 aromatic carbocycles. The molecule has 0 radical (unpaired) electrons. The molecule has 3 heterocycles. The van der Waals surface area contributed by atoms with E-state index in [-0.39, 0.29) is 5.91 Å². The van der Waals surface area contributed by atoms with Gasteiger partial charge in [-0.1, -0.05) is 18.2 Å². The second kappa shape index (κ2) is 8.24. The van der Waals surface area contributed by atoms with Crippen molar-refractivity contribution in [1.82, 2.24) is 29.9 Å². The van der Waals surface area contributed by atoms with Crippen LogP contribution in [0.25, 0.3) is 0 Å². The van der Waals surface area contributed by atoms with Crippen molar-refractivity contribution in [3.63, 3.8) is 0 Å². The Labute approximate surface area is 173 Å². The summed E-state index contributed by atoms with van der Waals surface area (Å²) in [7, 11) is 3.99. The quantitative estimate of drug-likeness (QED) is 0.801. The van der Waals surface area contributed by atoms with E-state index in [1.165, 1.54) is 16.7 Å². The maximum Gasteiger partial charge on any atom is 0.289 e. The summed E-state index contributed by atoms with van der Waals surface area (Å²) < 4.78 is 2.05. The Balaban J connectivity index is 1.39. The van der Waals surface area contributed by atoms with Crippen LogP contribution in [0.15, 0.2) is 18.2 Å². The molecule has 156 valence electrons. The van der Waals surface area contributed by atoms with Crippen molar-refractivity contribution in [1.29, 1.82) is 0 Å². The second-order valence-electron chi connectivity index (χ2n) is 8.95. The predicted molar refractivity (Wildman–Crippen MR) is 113 cm³/mol. The predicted octanol–water partition coefficient (Wildman–Crippen LogP) is 1.49. The Kier molecular flexibility index (Phi) is 5.69. The van der Waals surface area contributed by atoms with E-state index >= 15 is 0 Å². The minimum atomic E-state index is -0.117. The van der Waals surface area contributed by atoms with E-state index in [1.54, 1.807) is 0 Å². The SMILES string of the molecule is Cc1ccc(CN2C[C@@H]3Cc4nnc(C(=O)NCCN(C)C)n4C[C@@H]3C2)cc1C. The number of likely N-dealkylation sites (N-methyl/N-ethyl adjacent to an activating group) is 1.